The molecule has 0 rings (SSSR count). The van der Waals surface area contributed by atoms with Crippen molar-refractivity contribution in [3.05, 3.63) is 0 Å². The van der Waals surface area contributed by atoms with Crippen molar-refractivity contribution < 1.29 is 4.74 Å². The fraction of sp³-hybridized carbons (Fsp3) is 1.00. The predicted molar refractivity (Wildman–Crippen MR) is 53.5 cm³/mol. The molecule has 0 aromatic carbocycles. The zero-order valence-electron chi connectivity index (χ0n) is 8.73. The van der Waals surface area contributed by atoms with Gasteiger partial charge in [-0.1, -0.05) is 6.92 Å². The maximum atomic E-state index is 5.42. The van der Waals surface area contributed by atoms with Gasteiger partial charge in [0.15, 0.2) is 0 Å². The first-order valence-corrected chi connectivity index (χ1v) is 5.13. The maximum Gasteiger partial charge on any atom is 0.0547 e. The zero-order valence-corrected chi connectivity index (χ0v) is 8.73. The average Bonchev–Trinajstić information content (AvgIpc) is 2.05. The highest BCUT2D eigenvalue weighted by Gasteiger charge is 1.98. The summed E-state index contributed by atoms with van der Waals surface area (Å²) in [6, 6.07) is 0. The molecule has 0 fully saturated rings. The third-order valence-electron chi connectivity index (χ3n) is 1.84. The van der Waals surface area contributed by atoms with Gasteiger partial charge in [0.1, 0.15) is 0 Å². The first-order valence-electron chi connectivity index (χ1n) is 5.13. The maximum absolute atomic E-state index is 5.42. The number of nitrogens with one attached hydrogen (secondary N) is 1. The lowest BCUT2D eigenvalue weighted by Gasteiger charge is -2.10. The van der Waals surface area contributed by atoms with Crippen LogP contribution in [-0.2, 0) is 4.74 Å². The van der Waals surface area contributed by atoms with Crippen LogP contribution in [0.25, 0.3) is 0 Å². The Labute approximate surface area is 76.7 Å². The van der Waals surface area contributed by atoms with E-state index in [0.29, 0.717) is 6.10 Å². The first kappa shape index (κ1) is 11.9. The summed E-state index contributed by atoms with van der Waals surface area (Å²) in [7, 11) is 0. The van der Waals surface area contributed by atoms with Gasteiger partial charge in [-0.25, -0.2) is 0 Å². The summed E-state index contributed by atoms with van der Waals surface area (Å²) in [6.45, 7) is 9.49. The molecule has 1 unspecified atom stereocenters. The van der Waals surface area contributed by atoms with Crippen LogP contribution in [0, 0.1) is 0 Å². The van der Waals surface area contributed by atoms with Crippen molar-refractivity contribution in [3.63, 3.8) is 0 Å². The Morgan fingerprint density at radius 2 is 2.00 bits per heavy atom. The van der Waals surface area contributed by atoms with Crippen molar-refractivity contribution in [2.45, 2.75) is 46.1 Å². The second-order valence-corrected chi connectivity index (χ2v) is 3.16. The smallest absolute Gasteiger partial charge is 0.0547 e. The summed E-state index contributed by atoms with van der Waals surface area (Å²) in [5.41, 5.74) is 0. The van der Waals surface area contributed by atoms with Crippen molar-refractivity contribution in [2.24, 2.45) is 0 Å². The van der Waals surface area contributed by atoms with Crippen LogP contribution < -0.4 is 5.32 Å². The summed E-state index contributed by atoms with van der Waals surface area (Å²) in [6.07, 6.45) is 4.05. The number of hydrogen-bond donors (Lipinski definition) is 1. The van der Waals surface area contributed by atoms with Gasteiger partial charge in [0.05, 0.1) is 6.10 Å². The van der Waals surface area contributed by atoms with Gasteiger partial charge in [0.2, 0.25) is 0 Å². The zero-order chi connectivity index (χ0) is 9.23. The van der Waals surface area contributed by atoms with E-state index in [0.717, 1.165) is 19.7 Å². The van der Waals surface area contributed by atoms with Gasteiger partial charge >= 0.3 is 0 Å². The minimum absolute atomic E-state index is 0.429. The van der Waals surface area contributed by atoms with E-state index in [1.54, 1.807) is 0 Å². The van der Waals surface area contributed by atoms with E-state index in [9.17, 15) is 0 Å². The highest BCUT2D eigenvalue weighted by molar-refractivity contribution is 4.53. The highest BCUT2D eigenvalue weighted by Crippen LogP contribution is 1.99. The van der Waals surface area contributed by atoms with Gasteiger partial charge < -0.3 is 10.1 Å². The van der Waals surface area contributed by atoms with Gasteiger partial charge in [-0.2, -0.15) is 0 Å². The van der Waals surface area contributed by atoms with Gasteiger partial charge in [-0.3, -0.25) is 0 Å². The minimum Gasteiger partial charge on any atom is -0.379 e. The Hall–Kier alpha value is -0.0800. The van der Waals surface area contributed by atoms with Crippen molar-refractivity contribution in [3.8, 4) is 0 Å². The molecule has 1 atom stereocenters. The SMILES string of the molecule is CCCNCCCC(C)OCC. The molecule has 0 aromatic rings. The lowest BCUT2D eigenvalue weighted by Crippen LogP contribution is -2.18. The third-order valence-corrected chi connectivity index (χ3v) is 1.84. The molecular formula is C10H23NO. The molecular weight excluding hydrogens is 150 g/mol. The molecule has 0 spiro atoms. The molecule has 0 radical (unpaired) electrons. The van der Waals surface area contributed by atoms with Crippen molar-refractivity contribution in [1.82, 2.24) is 5.32 Å². The largest absolute Gasteiger partial charge is 0.379 e. The topological polar surface area (TPSA) is 21.3 Å². The lowest BCUT2D eigenvalue weighted by molar-refractivity contribution is 0.0689. The van der Waals surface area contributed by atoms with Crippen LogP contribution in [-0.4, -0.2) is 25.8 Å². The highest BCUT2D eigenvalue weighted by atomic mass is 16.5. The fourth-order valence-corrected chi connectivity index (χ4v) is 1.18. The molecule has 2 heteroatoms. The Bertz CT molecular complexity index is 85.9. The third kappa shape index (κ3) is 8.02. The summed E-state index contributed by atoms with van der Waals surface area (Å²) >= 11 is 0. The molecule has 0 aliphatic heterocycles. The summed E-state index contributed by atoms with van der Waals surface area (Å²) < 4.78 is 5.42. The van der Waals surface area contributed by atoms with E-state index in [2.05, 4.69) is 19.2 Å². The fourth-order valence-electron chi connectivity index (χ4n) is 1.18. The minimum atomic E-state index is 0.429. The van der Waals surface area contributed by atoms with E-state index in [1.807, 2.05) is 6.92 Å². The Morgan fingerprint density at radius 3 is 2.58 bits per heavy atom. The predicted octanol–water partition coefficient (Wildman–Crippen LogP) is 2.19. The quantitative estimate of drug-likeness (QED) is 0.568. The number of rotatable bonds is 8. The molecule has 0 aliphatic rings. The van der Waals surface area contributed by atoms with Crippen LogP contribution in [0.1, 0.15) is 40.0 Å². The van der Waals surface area contributed by atoms with Crippen LogP contribution in [0.3, 0.4) is 0 Å². The lowest BCUT2D eigenvalue weighted by atomic mass is 10.2. The van der Waals surface area contributed by atoms with Crippen LogP contribution in [0.15, 0.2) is 0 Å². The molecule has 1 N–H and O–H groups in total. The summed E-state index contributed by atoms with van der Waals surface area (Å²) in [4.78, 5) is 0. The van der Waals surface area contributed by atoms with E-state index in [1.165, 1.54) is 19.3 Å². The standard InChI is InChI=1S/C10H23NO/c1-4-8-11-9-6-7-10(3)12-5-2/h10-11H,4-9H2,1-3H3. The second-order valence-electron chi connectivity index (χ2n) is 3.16. The first-order chi connectivity index (χ1) is 5.81. The summed E-state index contributed by atoms with van der Waals surface area (Å²) in [5, 5.41) is 3.38. The van der Waals surface area contributed by atoms with Crippen LogP contribution >= 0.6 is 0 Å². The van der Waals surface area contributed by atoms with Crippen molar-refractivity contribution >= 4 is 0 Å². The van der Waals surface area contributed by atoms with Gasteiger partial charge in [-0.05, 0) is 46.2 Å². The van der Waals surface area contributed by atoms with Gasteiger partial charge in [-0.15, -0.1) is 0 Å². The van der Waals surface area contributed by atoms with E-state index in [-0.39, 0.29) is 0 Å². The van der Waals surface area contributed by atoms with E-state index >= 15 is 0 Å². The number of hydrogen-bond acceptors (Lipinski definition) is 2. The molecule has 0 heterocycles. The monoisotopic (exact) mass is 173 g/mol. The molecule has 0 bridgehead atoms. The van der Waals surface area contributed by atoms with Crippen molar-refractivity contribution in [2.75, 3.05) is 19.7 Å². The average molecular weight is 173 g/mol. The Balaban J connectivity index is 2.97. The molecule has 0 aromatic heterocycles. The Kier molecular flexibility index (Phi) is 8.95. The molecule has 2 nitrogen and oxygen atoms in total. The van der Waals surface area contributed by atoms with Crippen LogP contribution in [0.4, 0.5) is 0 Å². The molecule has 12 heavy (non-hydrogen) atoms. The van der Waals surface area contributed by atoms with Crippen LogP contribution in [0.5, 0.6) is 0 Å². The van der Waals surface area contributed by atoms with Crippen molar-refractivity contribution in [1.29, 1.82) is 0 Å². The second kappa shape index (κ2) is 9.01. The van der Waals surface area contributed by atoms with E-state index < -0.39 is 0 Å². The molecule has 0 saturated carbocycles. The molecule has 0 aliphatic carbocycles. The van der Waals surface area contributed by atoms with Crippen LogP contribution in [0.2, 0.25) is 0 Å². The summed E-state index contributed by atoms with van der Waals surface area (Å²) in [5.74, 6) is 0. The molecule has 0 amide bonds. The van der Waals surface area contributed by atoms with Gasteiger partial charge in [0, 0.05) is 6.61 Å². The van der Waals surface area contributed by atoms with E-state index in [4.69, 9.17) is 4.74 Å². The molecule has 74 valence electrons. The number of ether oxygens (including phenoxy) is 1. The van der Waals surface area contributed by atoms with Gasteiger partial charge in [0.25, 0.3) is 0 Å². The Morgan fingerprint density at radius 1 is 1.25 bits per heavy atom. The molecule has 0 saturated heterocycles. The normalized spacial score (nSPS) is 13.2.